The van der Waals surface area contributed by atoms with E-state index in [1.54, 1.807) is 24.3 Å². The van der Waals surface area contributed by atoms with Crippen LogP contribution in [0.2, 0.25) is 5.02 Å². The monoisotopic (exact) mass is 316 g/mol. The summed E-state index contributed by atoms with van der Waals surface area (Å²) in [4.78, 5) is -0.258. The van der Waals surface area contributed by atoms with Gasteiger partial charge in [-0.1, -0.05) is 51.8 Å². The molecule has 2 aromatic rings. The Morgan fingerprint density at radius 2 is 1.65 bits per heavy atom. The van der Waals surface area contributed by atoms with Crippen LogP contribution < -0.4 is 0 Å². The summed E-state index contributed by atoms with van der Waals surface area (Å²) in [6.07, 6.45) is 0. The van der Waals surface area contributed by atoms with Gasteiger partial charge in [0.1, 0.15) is 11.6 Å². The molecule has 1 atom stereocenters. The van der Waals surface area contributed by atoms with Gasteiger partial charge < -0.3 is 0 Å². The standard InChI is InChI=1S/C13H8BrClF2/c14-12(8-4-6-9(16)7-5-8)10-2-1-3-11(17)13(10)15/h1-7,12H. The van der Waals surface area contributed by atoms with E-state index >= 15 is 0 Å². The molecule has 0 radical (unpaired) electrons. The SMILES string of the molecule is Fc1ccc(C(Br)c2cccc(F)c2Cl)cc1. The molecule has 0 saturated heterocycles. The van der Waals surface area contributed by atoms with Gasteiger partial charge in [-0.25, -0.2) is 8.78 Å². The van der Waals surface area contributed by atoms with E-state index in [1.165, 1.54) is 18.2 Å². The molecule has 0 aromatic heterocycles. The molecule has 1 unspecified atom stereocenters. The lowest BCUT2D eigenvalue weighted by atomic mass is 10.0. The van der Waals surface area contributed by atoms with Gasteiger partial charge in [0.2, 0.25) is 0 Å². The third kappa shape index (κ3) is 2.67. The molecule has 0 fully saturated rings. The molecule has 0 amide bonds. The van der Waals surface area contributed by atoms with Gasteiger partial charge in [-0.3, -0.25) is 0 Å². The predicted molar refractivity (Wildman–Crippen MR) is 68.6 cm³/mol. The molecule has 0 aliphatic carbocycles. The maximum Gasteiger partial charge on any atom is 0.142 e. The summed E-state index contributed by atoms with van der Waals surface area (Å²) in [6.45, 7) is 0. The topological polar surface area (TPSA) is 0 Å². The lowest BCUT2D eigenvalue weighted by molar-refractivity contribution is 0.625. The molecule has 0 spiro atoms. The minimum Gasteiger partial charge on any atom is -0.207 e. The van der Waals surface area contributed by atoms with Crippen molar-refractivity contribution < 1.29 is 8.78 Å². The molecule has 0 aliphatic rings. The van der Waals surface area contributed by atoms with Crippen molar-refractivity contribution in [3.05, 3.63) is 70.2 Å². The highest BCUT2D eigenvalue weighted by Gasteiger charge is 2.15. The third-order valence-electron chi connectivity index (χ3n) is 2.42. The van der Waals surface area contributed by atoms with E-state index in [1.807, 2.05) is 0 Å². The van der Waals surface area contributed by atoms with Crippen LogP contribution in [0.15, 0.2) is 42.5 Å². The van der Waals surface area contributed by atoms with Crippen molar-refractivity contribution in [2.75, 3.05) is 0 Å². The lowest BCUT2D eigenvalue weighted by Gasteiger charge is -2.12. The minimum absolute atomic E-state index is 0.0821. The first-order chi connectivity index (χ1) is 8.09. The third-order valence-corrected chi connectivity index (χ3v) is 3.84. The molecule has 2 rings (SSSR count). The molecule has 2 aromatic carbocycles. The van der Waals surface area contributed by atoms with Crippen molar-refractivity contribution >= 4 is 27.5 Å². The average Bonchev–Trinajstić information content (AvgIpc) is 2.33. The minimum atomic E-state index is -0.462. The van der Waals surface area contributed by atoms with Gasteiger partial charge in [-0.15, -0.1) is 0 Å². The largest absolute Gasteiger partial charge is 0.207 e. The summed E-state index contributed by atoms with van der Waals surface area (Å²) in [6, 6.07) is 10.6. The first kappa shape index (κ1) is 12.5. The van der Waals surface area contributed by atoms with Gasteiger partial charge in [0, 0.05) is 0 Å². The van der Waals surface area contributed by atoms with Crippen LogP contribution in [0.1, 0.15) is 16.0 Å². The fourth-order valence-corrected chi connectivity index (χ4v) is 2.58. The zero-order valence-electron chi connectivity index (χ0n) is 8.63. The molecule has 0 N–H and O–H groups in total. The van der Waals surface area contributed by atoms with Crippen LogP contribution in [0, 0.1) is 11.6 Å². The van der Waals surface area contributed by atoms with E-state index in [0.717, 1.165) is 5.56 Å². The van der Waals surface area contributed by atoms with Crippen molar-refractivity contribution in [1.29, 1.82) is 0 Å². The Morgan fingerprint density at radius 1 is 1.00 bits per heavy atom. The number of hydrogen-bond donors (Lipinski definition) is 0. The number of rotatable bonds is 2. The zero-order chi connectivity index (χ0) is 12.4. The highest BCUT2D eigenvalue weighted by molar-refractivity contribution is 9.09. The van der Waals surface area contributed by atoms with E-state index in [-0.39, 0.29) is 15.7 Å². The predicted octanol–water partition coefficient (Wildman–Crippen LogP) is 5.10. The molecule has 4 heteroatoms. The summed E-state index contributed by atoms with van der Waals surface area (Å²) in [5, 5.41) is 0.0821. The van der Waals surface area contributed by atoms with E-state index < -0.39 is 5.82 Å². The lowest BCUT2D eigenvalue weighted by Crippen LogP contribution is -1.95. The summed E-state index contributed by atoms with van der Waals surface area (Å²) >= 11 is 9.32. The van der Waals surface area contributed by atoms with Crippen molar-refractivity contribution in [2.45, 2.75) is 4.83 Å². The van der Waals surface area contributed by atoms with Crippen LogP contribution >= 0.6 is 27.5 Å². The zero-order valence-corrected chi connectivity index (χ0v) is 11.0. The van der Waals surface area contributed by atoms with Crippen LogP contribution in [0.3, 0.4) is 0 Å². The van der Waals surface area contributed by atoms with Crippen molar-refractivity contribution in [3.8, 4) is 0 Å². The summed E-state index contributed by atoms with van der Waals surface area (Å²) < 4.78 is 26.1. The maximum absolute atomic E-state index is 13.3. The van der Waals surface area contributed by atoms with Gasteiger partial charge in [0.15, 0.2) is 0 Å². The van der Waals surface area contributed by atoms with Gasteiger partial charge in [-0.2, -0.15) is 0 Å². The Labute approximate surface area is 111 Å². The van der Waals surface area contributed by atoms with Crippen molar-refractivity contribution in [1.82, 2.24) is 0 Å². The summed E-state index contributed by atoms with van der Waals surface area (Å²) in [7, 11) is 0. The molecule has 0 heterocycles. The van der Waals surface area contributed by atoms with Gasteiger partial charge >= 0.3 is 0 Å². The molecule has 0 aliphatic heterocycles. The van der Waals surface area contributed by atoms with Crippen molar-refractivity contribution in [3.63, 3.8) is 0 Å². The van der Waals surface area contributed by atoms with E-state index in [9.17, 15) is 8.78 Å². The second-order valence-corrected chi connectivity index (χ2v) is 4.85. The Morgan fingerprint density at radius 3 is 2.29 bits per heavy atom. The van der Waals surface area contributed by atoms with Gasteiger partial charge in [0.05, 0.1) is 9.85 Å². The van der Waals surface area contributed by atoms with Crippen molar-refractivity contribution in [2.24, 2.45) is 0 Å². The highest BCUT2D eigenvalue weighted by atomic mass is 79.9. The average molecular weight is 318 g/mol. The first-order valence-electron chi connectivity index (χ1n) is 4.93. The molecule has 17 heavy (non-hydrogen) atoms. The van der Waals surface area contributed by atoms with E-state index in [4.69, 9.17) is 11.6 Å². The quantitative estimate of drug-likeness (QED) is 0.676. The number of alkyl halides is 1. The smallest absolute Gasteiger partial charge is 0.142 e. The molecular weight excluding hydrogens is 309 g/mol. The van der Waals surface area contributed by atoms with Crippen LogP contribution in [0.4, 0.5) is 8.78 Å². The van der Waals surface area contributed by atoms with Gasteiger partial charge in [0.25, 0.3) is 0 Å². The Bertz CT molecular complexity index is 525. The molecule has 0 saturated carbocycles. The summed E-state index contributed by atoms with van der Waals surface area (Å²) in [5.74, 6) is -0.769. The molecule has 0 nitrogen and oxygen atoms in total. The van der Waals surface area contributed by atoms with E-state index in [0.29, 0.717) is 5.56 Å². The molecule has 0 bridgehead atoms. The second kappa shape index (κ2) is 5.15. The fraction of sp³-hybridized carbons (Fsp3) is 0.0769. The Kier molecular flexibility index (Phi) is 3.79. The number of halogens is 4. The molecule has 88 valence electrons. The maximum atomic E-state index is 13.3. The fourth-order valence-electron chi connectivity index (χ4n) is 1.53. The van der Waals surface area contributed by atoms with Crippen LogP contribution in [-0.2, 0) is 0 Å². The van der Waals surface area contributed by atoms with Crippen LogP contribution in [-0.4, -0.2) is 0 Å². The Hall–Kier alpha value is -0.930. The normalized spacial score (nSPS) is 12.5. The number of benzene rings is 2. The Balaban J connectivity index is 2.40. The number of hydrogen-bond acceptors (Lipinski definition) is 0. The summed E-state index contributed by atoms with van der Waals surface area (Å²) in [5.41, 5.74) is 1.44. The van der Waals surface area contributed by atoms with Crippen LogP contribution in [0.5, 0.6) is 0 Å². The second-order valence-electron chi connectivity index (χ2n) is 3.56. The van der Waals surface area contributed by atoms with Crippen LogP contribution in [0.25, 0.3) is 0 Å². The first-order valence-corrected chi connectivity index (χ1v) is 6.22. The van der Waals surface area contributed by atoms with Gasteiger partial charge in [-0.05, 0) is 29.3 Å². The highest BCUT2D eigenvalue weighted by Crippen LogP contribution is 2.36. The van der Waals surface area contributed by atoms with E-state index in [2.05, 4.69) is 15.9 Å². The molecular formula is C13H8BrClF2.